The zero-order valence-corrected chi connectivity index (χ0v) is 45.5. The van der Waals surface area contributed by atoms with E-state index in [1.54, 1.807) is 66.4 Å². The van der Waals surface area contributed by atoms with Gasteiger partial charge in [0.15, 0.2) is 0 Å². The van der Waals surface area contributed by atoms with E-state index in [0.29, 0.717) is 109 Å². The highest BCUT2D eigenvalue weighted by atomic mass is 19.4. The molecule has 2 unspecified atom stereocenters. The Bertz CT molecular complexity index is 2800. The molecule has 6 bridgehead atoms. The van der Waals surface area contributed by atoms with Crippen LogP contribution in [0.1, 0.15) is 96.6 Å². The molecular formula is C57H74F4N8O8. The number of methoxy groups -OCH3 is 1. The number of piperidine rings is 1. The predicted molar refractivity (Wildman–Crippen MR) is 282 cm³/mol. The van der Waals surface area contributed by atoms with E-state index >= 15 is 9.18 Å². The number of hydrazine groups is 1. The van der Waals surface area contributed by atoms with Crippen molar-refractivity contribution in [3.8, 4) is 11.3 Å². The number of nitrogens with one attached hydrogen (secondary N) is 2. The first kappa shape index (κ1) is 57.1. The minimum absolute atomic E-state index is 0.0167. The van der Waals surface area contributed by atoms with Crippen molar-refractivity contribution in [2.45, 2.75) is 123 Å². The summed E-state index contributed by atoms with van der Waals surface area (Å²) in [6.45, 7) is 14.4. The van der Waals surface area contributed by atoms with Crippen LogP contribution in [-0.4, -0.2) is 156 Å². The van der Waals surface area contributed by atoms with Gasteiger partial charge in [-0.3, -0.25) is 29.2 Å². The fraction of sp³-hybridized carbons (Fsp3) is 0.579. The summed E-state index contributed by atoms with van der Waals surface area (Å²) < 4.78 is 79.0. The van der Waals surface area contributed by atoms with Crippen LogP contribution in [-0.2, 0) is 46.4 Å². The molecule has 1 aliphatic carbocycles. The van der Waals surface area contributed by atoms with E-state index < -0.39 is 90.2 Å². The van der Waals surface area contributed by atoms with Gasteiger partial charge in [-0.15, -0.1) is 0 Å². The number of morpholine rings is 1. The number of rotatable bonds is 10. The molecule has 20 heteroatoms. The molecule has 3 fully saturated rings. The summed E-state index contributed by atoms with van der Waals surface area (Å²) in [7, 11) is 3.06. The summed E-state index contributed by atoms with van der Waals surface area (Å²) in [5, 5.41) is 4.87. The van der Waals surface area contributed by atoms with Gasteiger partial charge in [-0.2, -0.15) is 13.2 Å². The number of cyclic esters (lactones) is 1. The number of ether oxygens (including phenoxy) is 3. The maximum atomic E-state index is 15.2. The molecule has 0 radical (unpaired) electrons. The second-order valence-corrected chi connectivity index (χ2v) is 22.6. The van der Waals surface area contributed by atoms with Crippen molar-refractivity contribution in [1.82, 2.24) is 40.0 Å². The quantitative estimate of drug-likeness (QED) is 0.116. The van der Waals surface area contributed by atoms with Gasteiger partial charge < -0.3 is 38.8 Å². The highest BCUT2D eigenvalue weighted by molar-refractivity contribution is 5.96. The summed E-state index contributed by atoms with van der Waals surface area (Å²) >= 11 is 0. The Labute approximate surface area is 448 Å². The summed E-state index contributed by atoms with van der Waals surface area (Å²) in [5.74, 6) is -3.34. The number of esters is 1. The highest BCUT2D eigenvalue weighted by Crippen LogP contribution is 2.45. The van der Waals surface area contributed by atoms with Gasteiger partial charge in [-0.1, -0.05) is 59.4 Å². The van der Waals surface area contributed by atoms with Crippen molar-refractivity contribution < 1.29 is 55.7 Å². The number of halogens is 4. The average Bonchev–Trinajstić information content (AvgIpc) is 3.77. The molecule has 2 aromatic heterocycles. The van der Waals surface area contributed by atoms with Gasteiger partial charge >= 0.3 is 18.2 Å². The number of urea groups is 1. The van der Waals surface area contributed by atoms with Gasteiger partial charge in [0.05, 0.1) is 42.9 Å². The molecule has 6 heterocycles. The third-order valence-electron chi connectivity index (χ3n) is 16.1. The molecule has 0 saturated carbocycles. The van der Waals surface area contributed by atoms with Crippen molar-refractivity contribution in [3.63, 3.8) is 0 Å². The molecule has 2 N–H and O–H groups in total. The number of benzene rings is 1. The van der Waals surface area contributed by atoms with Crippen LogP contribution in [0.4, 0.5) is 22.4 Å². The van der Waals surface area contributed by atoms with E-state index in [1.165, 1.54) is 27.7 Å². The lowest BCUT2D eigenvalue weighted by atomic mass is 9.75. The monoisotopic (exact) mass is 1070 g/mol. The predicted octanol–water partition coefficient (Wildman–Crippen LogP) is 7.97. The molecule has 16 nitrogen and oxygen atoms in total. The second-order valence-electron chi connectivity index (χ2n) is 22.6. The van der Waals surface area contributed by atoms with E-state index in [1.807, 2.05) is 40.7 Å². The number of carbonyl (C=O) groups is 5. The molecule has 77 heavy (non-hydrogen) atoms. The smallest absolute Gasteiger partial charge is 0.406 e. The Morgan fingerprint density at radius 1 is 1.08 bits per heavy atom. The number of aromatic nitrogens is 2. The molecule has 418 valence electrons. The summed E-state index contributed by atoms with van der Waals surface area (Å²) in [4.78, 5) is 80.1. The lowest BCUT2D eigenvalue weighted by Gasteiger charge is -2.47. The normalized spacial score (nSPS) is 23.9. The van der Waals surface area contributed by atoms with Crippen molar-refractivity contribution in [1.29, 1.82) is 0 Å². The Kier molecular flexibility index (Phi) is 17.1. The topological polar surface area (TPSA) is 168 Å². The average molecular weight is 1080 g/mol. The van der Waals surface area contributed by atoms with E-state index in [2.05, 4.69) is 22.3 Å². The third-order valence-corrected chi connectivity index (χ3v) is 16.1. The number of alkyl halides is 4. The molecule has 6 atom stereocenters. The molecule has 8 rings (SSSR count). The van der Waals surface area contributed by atoms with Crippen molar-refractivity contribution in [2.24, 2.45) is 23.2 Å². The minimum atomic E-state index is -4.64. The van der Waals surface area contributed by atoms with Crippen LogP contribution < -0.4 is 10.7 Å². The van der Waals surface area contributed by atoms with Crippen molar-refractivity contribution in [3.05, 3.63) is 83.7 Å². The van der Waals surface area contributed by atoms with Crippen LogP contribution in [0.15, 0.2) is 66.9 Å². The summed E-state index contributed by atoms with van der Waals surface area (Å²) in [6.07, 6.45) is 2.97. The number of allylic oxidation sites excluding steroid dienone is 4. The zero-order chi connectivity index (χ0) is 55.7. The Morgan fingerprint density at radius 2 is 1.82 bits per heavy atom. The van der Waals surface area contributed by atoms with Gasteiger partial charge in [-0.05, 0) is 116 Å². The minimum Gasteiger partial charge on any atom is -0.464 e. The van der Waals surface area contributed by atoms with Crippen molar-refractivity contribution >= 4 is 46.2 Å². The van der Waals surface area contributed by atoms with Gasteiger partial charge in [-0.25, -0.2) is 14.6 Å². The van der Waals surface area contributed by atoms with Crippen LogP contribution >= 0.6 is 0 Å². The van der Waals surface area contributed by atoms with Gasteiger partial charge in [0.2, 0.25) is 11.8 Å². The number of fused-ring (bicyclic) bond motifs is 6. The number of likely N-dealkylation sites (tertiary alicyclic amines) is 1. The molecule has 5 amide bonds. The van der Waals surface area contributed by atoms with Gasteiger partial charge in [0, 0.05) is 68.4 Å². The third kappa shape index (κ3) is 12.3. The summed E-state index contributed by atoms with van der Waals surface area (Å²) in [6, 6.07) is 5.01. The number of likely N-dealkylation sites (N-methyl/N-ethyl adjacent to an activating group) is 1. The lowest BCUT2D eigenvalue weighted by Crippen LogP contribution is -2.63. The first-order valence-corrected chi connectivity index (χ1v) is 26.8. The molecule has 4 aliphatic heterocycles. The SMILES string of the molecule is C=CC(=O)N1CCOC2(CCN(C(=O)N(C)[C@H](C(=O)N[C@H]3CC4C=C(CF)C=C(c5ccc6c(c5)c(c(-c5cccnc5[C@H](C)OC)n6CC(F)(F)F)CC(C)(C)COC(=O)[C@@H]5CCCN(N5)C3=O)C4C)C(C)C)CC2)C1. The van der Waals surface area contributed by atoms with Crippen molar-refractivity contribution in [2.75, 3.05) is 66.8 Å². The number of pyridine rings is 1. The number of hydrogen-bond donors (Lipinski definition) is 2. The van der Waals surface area contributed by atoms with Gasteiger partial charge in [0.1, 0.15) is 31.3 Å². The lowest BCUT2D eigenvalue weighted by molar-refractivity contribution is -0.156. The van der Waals surface area contributed by atoms with Crippen LogP contribution in [0.2, 0.25) is 0 Å². The van der Waals surface area contributed by atoms with E-state index in [9.17, 15) is 32.3 Å². The maximum Gasteiger partial charge on any atom is 0.406 e. The number of carbonyl (C=O) groups excluding carboxylic acids is 5. The molecular weight excluding hydrogens is 1000 g/mol. The number of nitrogens with zero attached hydrogens (tertiary/aromatic N) is 6. The van der Waals surface area contributed by atoms with Crippen LogP contribution in [0.3, 0.4) is 0 Å². The Balaban J connectivity index is 1.16. The highest BCUT2D eigenvalue weighted by Gasteiger charge is 2.45. The number of amides is 5. The fourth-order valence-corrected chi connectivity index (χ4v) is 12.0. The molecule has 1 spiro atoms. The van der Waals surface area contributed by atoms with E-state index in [-0.39, 0.29) is 37.9 Å². The van der Waals surface area contributed by atoms with E-state index in [4.69, 9.17) is 14.2 Å². The Morgan fingerprint density at radius 3 is 2.49 bits per heavy atom. The molecule has 1 aromatic carbocycles. The molecule has 3 aromatic rings. The second kappa shape index (κ2) is 23.1. The van der Waals surface area contributed by atoms with Crippen LogP contribution in [0.5, 0.6) is 0 Å². The standard InChI is InChI=1S/C57H74F4N8O8/c1-10-47(70)67-23-24-77-56(31-67)17-21-66(22-18-56)54(74)65(8)49(34(2)3)51(71)63-45-28-39-25-37(30-58)26-41(35(39)4)38-15-16-46-42(27-38)43(29-55(6,7)33-76-53(73)44-14-12-20-69(64-44)52(45)72)50(68(46)32-57(59,60)61)40-13-11-19-62-48(40)36(5)75-9/h10-11,13,15-16,19,25-27,34-36,39,44-45,49,64H,1,12,14,17-18,20-24,28-33H2,2-9H3,(H,63,71)/t35?,36-,39?,44-,45-,49-/m0/s1. The zero-order valence-electron chi connectivity index (χ0n) is 45.5. The van der Waals surface area contributed by atoms with Crippen LogP contribution in [0.25, 0.3) is 27.7 Å². The fourth-order valence-electron chi connectivity index (χ4n) is 12.0. The maximum absolute atomic E-state index is 15.2. The van der Waals surface area contributed by atoms with Crippen LogP contribution in [0, 0.1) is 23.2 Å². The van der Waals surface area contributed by atoms with E-state index in [0.717, 1.165) is 0 Å². The molecule has 5 aliphatic rings. The summed E-state index contributed by atoms with van der Waals surface area (Å²) in [5.41, 5.74) is 5.31. The first-order valence-electron chi connectivity index (χ1n) is 26.8. The largest absolute Gasteiger partial charge is 0.464 e. The van der Waals surface area contributed by atoms with Gasteiger partial charge in [0.25, 0.3) is 5.91 Å². The molecule has 3 saturated heterocycles. The Hall–Kier alpha value is -6.12. The first-order chi connectivity index (χ1) is 36.5. The number of hydrogen-bond acceptors (Lipinski definition) is 10.